The van der Waals surface area contributed by atoms with Crippen molar-refractivity contribution in [2.24, 2.45) is 0 Å². The number of unbranched alkanes of at least 4 members (excludes halogenated alkanes) is 3. The molecule has 3 heteroatoms. The third kappa shape index (κ3) is 4.34. The fourth-order valence-electron chi connectivity index (χ4n) is 2.93. The predicted octanol–water partition coefficient (Wildman–Crippen LogP) is 4.18. The summed E-state index contributed by atoms with van der Waals surface area (Å²) in [5.41, 5.74) is 2.60. The maximum Gasteiger partial charge on any atom is 0.227 e. The molecular formula is C17H24BrNO. The van der Waals surface area contributed by atoms with Crippen LogP contribution in [0, 0.1) is 0 Å². The number of aryl methyl sites for hydroxylation is 1. The standard InChI is InChI=1S/C17H24BrNO/c18-12-5-1-2-6-13-19-17(20)16-11-7-9-14-8-3-4-10-15(14)16/h3-4,8,10,16H,1-2,5-7,9,11-13H2,(H,19,20). The molecule has 2 nitrogen and oxygen atoms in total. The van der Waals surface area contributed by atoms with E-state index in [9.17, 15) is 4.79 Å². The maximum absolute atomic E-state index is 12.3. The predicted molar refractivity (Wildman–Crippen MR) is 87.4 cm³/mol. The van der Waals surface area contributed by atoms with Crippen LogP contribution in [0.15, 0.2) is 24.3 Å². The van der Waals surface area contributed by atoms with E-state index in [1.165, 1.54) is 30.4 Å². The van der Waals surface area contributed by atoms with Crippen LogP contribution in [-0.4, -0.2) is 17.8 Å². The molecule has 0 saturated carbocycles. The molecule has 1 N–H and O–H groups in total. The van der Waals surface area contributed by atoms with Crippen molar-refractivity contribution in [2.75, 3.05) is 11.9 Å². The molecule has 1 aromatic rings. The highest BCUT2D eigenvalue weighted by atomic mass is 79.9. The lowest BCUT2D eigenvalue weighted by molar-refractivity contribution is -0.122. The van der Waals surface area contributed by atoms with Crippen LogP contribution < -0.4 is 5.32 Å². The first-order valence-electron chi connectivity index (χ1n) is 7.74. The summed E-state index contributed by atoms with van der Waals surface area (Å²) < 4.78 is 0. The summed E-state index contributed by atoms with van der Waals surface area (Å²) >= 11 is 3.44. The van der Waals surface area contributed by atoms with Gasteiger partial charge in [0.15, 0.2) is 0 Å². The minimum absolute atomic E-state index is 0.0718. The van der Waals surface area contributed by atoms with Crippen LogP contribution >= 0.6 is 15.9 Å². The summed E-state index contributed by atoms with van der Waals surface area (Å²) in [4.78, 5) is 12.3. The molecule has 1 amide bonds. The van der Waals surface area contributed by atoms with Crippen molar-refractivity contribution < 1.29 is 4.79 Å². The largest absolute Gasteiger partial charge is 0.356 e. The zero-order valence-corrected chi connectivity index (χ0v) is 13.6. The third-order valence-electron chi connectivity index (χ3n) is 4.05. The molecule has 0 spiro atoms. The number of alkyl halides is 1. The molecule has 1 aromatic carbocycles. The fourth-order valence-corrected chi connectivity index (χ4v) is 3.33. The monoisotopic (exact) mass is 337 g/mol. The van der Waals surface area contributed by atoms with Gasteiger partial charge in [0.2, 0.25) is 5.91 Å². The van der Waals surface area contributed by atoms with Gasteiger partial charge in [-0.15, -0.1) is 0 Å². The number of fused-ring (bicyclic) bond motifs is 1. The smallest absolute Gasteiger partial charge is 0.227 e. The fraction of sp³-hybridized carbons (Fsp3) is 0.588. The number of rotatable bonds is 7. The van der Waals surface area contributed by atoms with E-state index in [1.54, 1.807) is 0 Å². The normalized spacial score (nSPS) is 17.6. The molecule has 1 aliphatic rings. The van der Waals surface area contributed by atoms with Crippen molar-refractivity contribution in [3.8, 4) is 0 Å². The van der Waals surface area contributed by atoms with Crippen molar-refractivity contribution in [1.82, 2.24) is 5.32 Å². The Morgan fingerprint density at radius 3 is 2.85 bits per heavy atom. The molecule has 0 bridgehead atoms. The second kappa shape index (κ2) is 8.46. The summed E-state index contributed by atoms with van der Waals surface area (Å²) in [5.74, 6) is 0.292. The summed E-state index contributed by atoms with van der Waals surface area (Å²) in [7, 11) is 0. The van der Waals surface area contributed by atoms with E-state index in [2.05, 4.69) is 39.4 Å². The van der Waals surface area contributed by atoms with Crippen LogP contribution in [0.25, 0.3) is 0 Å². The number of nitrogens with one attached hydrogen (secondary N) is 1. The number of benzene rings is 1. The molecular weight excluding hydrogens is 314 g/mol. The van der Waals surface area contributed by atoms with Gasteiger partial charge in [-0.2, -0.15) is 0 Å². The summed E-state index contributed by atoms with van der Waals surface area (Å²) in [6.45, 7) is 0.819. The van der Waals surface area contributed by atoms with Crippen molar-refractivity contribution >= 4 is 21.8 Å². The van der Waals surface area contributed by atoms with Gasteiger partial charge in [0, 0.05) is 11.9 Å². The van der Waals surface area contributed by atoms with Crippen LogP contribution in [0.4, 0.5) is 0 Å². The van der Waals surface area contributed by atoms with E-state index >= 15 is 0 Å². The van der Waals surface area contributed by atoms with Gasteiger partial charge in [-0.25, -0.2) is 0 Å². The Morgan fingerprint density at radius 2 is 2.00 bits per heavy atom. The van der Waals surface area contributed by atoms with Crippen LogP contribution in [-0.2, 0) is 11.2 Å². The lowest BCUT2D eigenvalue weighted by Gasteiger charge is -2.24. The van der Waals surface area contributed by atoms with Gasteiger partial charge in [-0.3, -0.25) is 4.79 Å². The Hall–Kier alpha value is -0.830. The molecule has 2 rings (SSSR count). The topological polar surface area (TPSA) is 29.1 Å². The average Bonchev–Trinajstić information content (AvgIpc) is 2.50. The zero-order chi connectivity index (χ0) is 14.2. The number of halogens is 1. The molecule has 1 atom stereocenters. The molecule has 0 saturated heterocycles. The Morgan fingerprint density at radius 1 is 1.20 bits per heavy atom. The van der Waals surface area contributed by atoms with E-state index in [0.29, 0.717) is 0 Å². The molecule has 0 heterocycles. The molecule has 20 heavy (non-hydrogen) atoms. The van der Waals surface area contributed by atoms with Crippen molar-refractivity contribution in [2.45, 2.75) is 50.9 Å². The first-order chi connectivity index (χ1) is 9.83. The maximum atomic E-state index is 12.3. The minimum atomic E-state index is 0.0718. The van der Waals surface area contributed by atoms with Gasteiger partial charge < -0.3 is 5.32 Å². The van der Waals surface area contributed by atoms with E-state index in [1.807, 2.05) is 6.07 Å². The van der Waals surface area contributed by atoms with Gasteiger partial charge >= 0.3 is 0 Å². The second-order valence-corrected chi connectivity index (χ2v) is 6.33. The average molecular weight is 338 g/mol. The van der Waals surface area contributed by atoms with Gasteiger partial charge in [0.05, 0.1) is 5.92 Å². The number of hydrogen-bond donors (Lipinski definition) is 1. The Bertz CT molecular complexity index is 433. The summed E-state index contributed by atoms with van der Waals surface area (Å²) in [5, 5.41) is 4.20. The zero-order valence-electron chi connectivity index (χ0n) is 12.0. The number of carbonyl (C=O) groups excluding carboxylic acids is 1. The van der Waals surface area contributed by atoms with Gasteiger partial charge in [0.25, 0.3) is 0 Å². The molecule has 0 fully saturated rings. The van der Waals surface area contributed by atoms with Crippen molar-refractivity contribution in [3.05, 3.63) is 35.4 Å². The highest BCUT2D eigenvalue weighted by Crippen LogP contribution is 2.31. The lowest BCUT2D eigenvalue weighted by atomic mass is 9.82. The SMILES string of the molecule is O=C(NCCCCCCBr)C1CCCc2ccccc21. The van der Waals surface area contributed by atoms with E-state index in [0.717, 1.165) is 37.6 Å². The van der Waals surface area contributed by atoms with E-state index in [4.69, 9.17) is 0 Å². The van der Waals surface area contributed by atoms with E-state index in [-0.39, 0.29) is 11.8 Å². The summed E-state index contributed by atoms with van der Waals surface area (Å²) in [6, 6.07) is 8.40. The Labute approximate surface area is 130 Å². The van der Waals surface area contributed by atoms with Crippen LogP contribution in [0.1, 0.15) is 55.6 Å². The minimum Gasteiger partial charge on any atom is -0.356 e. The van der Waals surface area contributed by atoms with Crippen LogP contribution in [0.3, 0.4) is 0 Å². The van der Waals surface area contributed by atoms with Crippen LogP contribution in [0.2, 0.25) is 0 Å². The second-order valence-electron chi connectivity index (χ2n) is 5.54. The van der Waals surface area contributed by atoms with Gasteiger partial charge in [-0.05, 0) is 43.2 Å². The third-order valence-corrected chi connectivity index (χ3v) is 4.61. The highest BCUT2D eigenvalue weighted by Gasteiger charge is 2.25. The molecule has 0 aliphatic heterocycles. The molecule has 0 aromatic heterocycles. The molecule has 110 valence electrons. The quantitative estimate of drug-likeness (QED) is 0.586. The van der Waals surface area contributed by atoms with Crippen LogP contribution in [0.5, 0.6) is 0 Å². The Balaban J connectivity index is 1.79. The van der Waals surface area contributed by atoms with Gasteiger partial charge in [-0.1, -0.05) is 53.0 Å². The summed E-state index contributed by atoms with van der Waals surface area (Å²) in [6.07, 6.45) is 8.00. The van der Waals surface area contributed by atoms with Crippen molar-refractivity contribution in [3.63, 3.8) is 0 Å². The number of carbonyl (C=O) groups is 1. The van der Waals surface area contributed by atoms with E-state index < -0.39 is 0 Å². The Kier molecular flexibility index (Phi) is 6.58. The molecule has 0 radical (unpaired) electrons. The highest BCUT2D eigenvalue weighted by molar-refractivity contribution is 9.09. The first kappa shape index (κ1) is 15.6. The molecule has 1 aliphatic carbocycles. The first-order valence-corrected chi connectivity index (χ1v) is 8.86. The van der Waals surface area contributed by atoms with Crippen molar-refractivity contribution in [1.29, 1.82) is 0 Å². The lowest BCUT2D eigenvalue weighted by Crippen LogP contribution is -2.32. The number of amides is 1. The van der Waals surface area contributed by atoms with Gasteiger partial charge in [0.1, 0.15) is 0 Å². The molecule has 1 unspecified atom stereocenters. The number of hydrogen-bond acceptors (Lipinski definition) is 1.